The number of nitrogen functional groups attached to an aromatic ring is 2. The van der Waals surface area contributed by atoms with Crippen molar-refractivity contribution >= 4 is 38.4 Å². The first-order chi connectivity index (χ1) is 20.5. The number of phosphoric acid groups is 2. The largest absolute Gasteiger partial charge is 0.469 e. The van der Waals surface area contributed by atoms with Crippen LogP contribution in [0.3, 0.4) is 0 Å². The molecular formula is C19H28N8O15P2. The molecule has 2 aliphatic heterocycles. The zero-order valence-electron chi connectivity index (χ0n) is 22.0. The Morgan fingerprint density at radius 2 is 1.34 bits per heavy atom. The number of phosphoric ester groups is 2. The van der Waals surface area contributed by atoms with Gasteiger partial charge in [-0.15, -0.1) is 0 Å². The average Bonchev–Trinajstić information content (AvgIpc) is 3.57. The van der Waals surface area contributed by atoms with Crippen LogP contribution in [0.1, 0.15) is 12.5 Å². The molecule has 25 heteroatoms. The van der Waals surface area contributed by atoms with Crippen molar-refractivity contribution in [1.82, 2.24) is 29.1 Å². The minimum atomic E-state index is -4.74. The normalized spacial score (nSPS) is 29.1. The first-order valence-electron chi connectivity index (χ1n) is 12.2. The van der Waals surface area contributed by atoms with Crippen LogP contribution in [0.25, 0.3) is 11.2 Å². The number of nitrogens with zero attached hydrogens (tertiary/aromatic N) is 6. The van der Waals surface area contributed by atoms with Gasteiger partial charge in [-0.1, -0.05) is 0 Å². The van der Waals surface area contributed by atoms with Gasteiger partial charge < -0.3 is 60.9 Å². The maximum absolute atomic E-state index is 11.6. The number of aromatic nitrogens is 6. The number of fused-ring (bicyclic) bond motifs is 1. The molecule has 0 saturated carbocycles. The van der Waals surface area contributed by atoms with Gasteiger partial charge in [0.25, 0.3) is 0 Å². The topological polar surface area (TPSA) is 363 Å². The predicted molar refractivity (Wildman–Crippen MR) is 140 cm³/mol. The molecular weight excluding hydrogens is 642 g/mol. The summed E-state index contributed by atoms with van der Waals surface area (Å²) in [6.45, 7) is -1.25. The van der Waals surface area contributed by atoms with Crippen LogP contribution in [0.4, 0.5) is 11.6 Å². The minimum Gasteiger partial charge on any atom is -0.387 e. The molecule has 2 saturated heterocycles. The lowest BCUT2D eigenvalue weighted by Gasteiger charge is -2.16. The van der Waals surface area contributed by atoms with Crippen LogP contribution in [-0.2, 0) is 27.7 Å². The van der Waals surface area contributed by atoms with Gasteiger partial charge in [0.05, 0.1) is 19.5 Å². The summed E-state index contributed by atoms with van der Waals surface area (Å²) in [7, 11) is -9.46. The Balaban J connectivity index is 0.000000202. The third-order valence-electron chi connectivity index (χ3n) is 6.28. The summed E-state index contributed by atoms with van der Waals surface area (Å²) in [5.41, 5.74) is 10.8. The van der Waals surface area contributed by atoms with Crippen LogP contribution < -0.4 is 17.2 Å². The number of aliphatic hydroxyl groups is 4. The van der Waals surface area contributed by atoms with E-state index in [0.29, 0.717) is 5.52 Å². The van der Waals surface area contributed by atoms with Gasteiger partial charge in [-0.25, -0.2) is 28.9 Å². The summed E-state index contributed by atoms with van der Waals surface area (Å²) < 4.78 is 42.7. The van der Waals surface area contributed by atoms with Crippen molar-refractivity contribution in [2.75, 3.05) is 24.7 Å². The van der Waals surface area contributed by atoms with Gasteiger partial charge >= 0.3 is 21.3 Å². The van der Waals surface area contributed by atoms with Gasteiger partial charge in [0.1, 0.15) is 54.3 Å². The van der Waals surface area contributed by atoms with Crippen LogP contribution in [0.5, 0.6) is 0 Å². The fourth-order valence-electron chi connectivity index (χ4n) is 4.21. The third kappa shape index (κ3) is 7.80. The average molecular weight is 670 g/mol. The molecule has 0 spiro atoms. The van der Waals surface area contributed by atoms with Crippen LogP contribution in [-0.4, -0.2) is 119 Å². The molecule has 23 nitrogen and oxygen atoms in total. The number of rotatable bonds is 8. The first-order valence-corrected chi connectivity index (χ1v) is 15.2. The standard InChI is InChI=1S/C10H14N5O7P.C9H14N3O8P/c11-8-5-9(13-2-12-8)15(3-14-5)10-7(17)6(16)4(22-10)1-21-23(18,19)20;10-5-1-2-12(9(15)11-5)8-7(14)6(13)4(20-8)3-19-21(16,17)18/h2-4,6-7,10,16-17H,1H2,(H2,11,12,13)(H2,18,19,20);1-2,4,6-8,13-14H,3H2,(H2,10,11,15)(H2,16,17,18)/t4-,6-,7-,10-;4-,6-,7-,8-/m11/s1. The molecule has 2 fully saturated rings. The molecule has 244 valence electrons. The number of anilines is 2. The van der Waals surface area contributed by atoms with E-state index >= 15 is 0 Å². The molecule has 44 heavy (non-hydrogen) atoms. The van der Waals surface area contributed by atoms with E-state index in [1.54, 1.807) is 0 Å². The Morgan fingerprint density at radius 3 is 1.84 bits per heavy atom. The van der Waals surface area contributed by atoms with Gasteiger partial charge in [-0.05, 0) is 6.07 Å². The zero-order chi connectivity index (χ0) is 32.6. The number of aliphatic hydroxyl groups excluding tert-OH is 4. The summed E-state index contributed by atoms with van der Waals surface area (Å²) >= 11 is 0. The molecule has 3 aromatic heterocycles. The van der Waals surface area contributed by atoms with E-state index in [1.165, 1.54) is 29.5 Å². The van der Waals surface area contributed by atoms with Crippen molar-refractivity contribution in [3.05, 3.63) is 35.4 Å². The van der Waals surface area contributed by atoms with Crippen molar-refractivity contribution in [2.45, 2.75) is 49.1 Å². The Hall–Kier alpha value is -2.99. The maximum Gasteiger partial charge on any atom is 0.469 e. The summed E-state index contributed by atoms with van der Waals surface area (Å²) in [6, 6.07) is 1.29. The van der Waals surface area contributed by atoms with E-state index in [2.05, 4.69) is 29.0 Å². The number of nitrogens with two attached hydrogens (primary N) is 2. The zero-order valence-corrected chi connectivity index (χ0v) is 23.8. The second kappa shape index (κ2) is 13.2. The monoisotopic (exact) mass is 670 g/mol. The van der Waals surface area contributed by atoms with Crippen molar-refractivity contribution in [2.24, 2.45) is 0 Å². The Kier molecular flexibility index (Phi) is 10.1. The van der Waals surface area contributed by atoms with Crippen LogP contribution in [0.2, 0.25) is 0 Å². The van der Waals surface area contributed by atoms with Gasteiger partial charge in [-0.3, -0.25) is 18.2 Å². The van der Waals surface area contributed by atoms with Crippen LogP contribution in [0.15, 0.2) is 29.7 Å². The molecule has 5 heterocycles. The lowest BCUT2D eigenvalue weighted by Crippen LogP contribution is -2.36. The van der Waals surface area contributed by atoms with E-state index in [-0.39, 0.29) is 17.3 Å². The molecule has 0 bridgehead atoms. The summed E-state index contributed by atoms with van der Waals surface area (Å²) in [6.07, 6.45) is -6.76. The molecule has 0 amide bonds. The summed E-state index contributed by atoms with van der Waals surface area (Å²) in [4.78, 5) is 61.5. The van der Waals surface area contributed by atoms with Crippen LogP contribution >= 0.6 is 15.6 Å². The van der Waals surface area contributed by atoms with E-state index < -0.39 is 83.6 Å². The molecule has 0 unspecified atom stereocenters. The molecule has 0 radical (unpaired) electrons. The second-order valence-corrected chi connectivity index (χ2v) is 11.8. The SMILES string of the molecule is Nc1ccn([C@@H]2O[C@H](COP(=O)(O)O)[C@@H](O)[C@H]2O)c(=O)n1.Nc1ncnc2c1ncn2[C@@H]1O[C@H](COP(=O)(O)O)[C@@H](O)[C@H]1O. The van der Waals surface area contributed by atoms with Crippen molar-refractivity contribution in [1.29, 1.82) is 0 Å². The minimum absolute atomic E-state index is 0.0225. The van der Waals surface area contributed by atoms with Gasteiger partial charge in [-0.2, -0.15) is 4.98 Å². The number of imidazole rings is 1. The lowest BCUT2D eigenvalue weighted by atomic mass is 10.1. The predicted octanol–water partition coefficient (Wildman–Crippen LogP) is -4.31. The fourth-order valence-corrected chi connectivity index (χ4v) is 4.89. The quantitative estimate of drug-likeness (QED) is 0.101. The van der Waals surface area contributed by atoms with Crippen molar-refractivity contribution in [3.8, 4) is 0 Å². The highest BCUT2D eigenvalue weighted by molar-refractivity contribution is 7.46. The highest BCUT2D eigenvalue weighted by Crippen LogP contribution is 2.39. The van der Waals surface area contributed by atoms with E-state index in [9.17, 15) is 34.4 Å². The number of hydrogen-bond acceptors (Lipinski definition) is 17. The lowest BCUT2D eigenvalue weighted by molar-refractivity contribution is -0.0542. The second-order valence-electron chi connectivity index (χ2n) is 9.29. The highest BCUT2D eigenvalue weighted by Gasteiger charge is 2.46. The van der Waals surface area contributed by atoms with E-state index in [1.807, 2.05) is 0 Å². The van der Waals surface area contributed by atoms with Crippen LogP contribution in [0, 0.1) is 0 Å². The Bertz CT molecular complexity index is 1610. The molecule has 8 atom stereocenters. The molecule has 5 rings (SSSR count). The summed E-state index contributed by atoms with van der Waals surface area (Å²) in [5.74, 6) is 0.119. The van der Waals surface area contributed by atoms with Crippen molar-refractivity contribution < 1.29 is 67.7 Å². The molecule has 0 aliphatic carbocycles. The molecule has 12 N–H and O–H groups in total. The first kappa shape index (κ1) is 33.9. The highest BCUT2D eigenvalue weighted by atomic mass is 31.2. The molecule has 0 aromatic carbocycles. The molecule has 3 aromatic rings. The maximum atomic E-state index is 11.6. The smallest absolute Gasteiger partial charge is 0.387 e. The van der Waals surface area contributed by atoms with Gasteiger partial charge in [0.2, 0.25) is 0 Å². The summed E-state index contributed by atoms with van der Waals surface area (Å²) in [5, 5.41) is 39.7. The van der Waals surface area contributed by atoms with Gasteiger partial charge in [0.15, 0.2) is 23.9 Å². The molecule has 2 aliphatic rings. The third-order valence-corrected chi connectivity index (χ3v) is 7.25. The Morgan fingerprint density at radius 1 is 0.818 bits per heavy atom. The van der Waals surface area contributed by atoms with E-state index in [4.69, 9.17) is 40.5 Å². The van der Waals surface area contributed by atoms with Gasteiger partial charge in [0, 0.05) is 6.20 Å². The number of hydrogen-bond donors (Lipinski definition) is 10. The number of ether oxygens (including phenoxy) is 2. The van der Waals surface area contributed by atoms with E-state index in [0.717, 1.165) is 4.57 Å². The van der Waals surface area contributed by atoms with Crippen molar-refractivity contribution in [3.63, 3.8) is 0 Å². The fraction of sp³-hybridized carbons (Fsp3) is 0.526. The Labute approximate surface area is 244 Å².